The van der Waals surface area contributed by atoms with Gasteiger partial charge in [-0.3, -0.25) is 0 Å². The highest BCUT2D eigenvalue weighted by Gasteiger charge is 2.16. The van der Waals surface area contributed by atoms with E-state index in [0.29, 0.717) is 12.5 Å². The number of nitrogens with two attached hydrogens (primary N) is 1. The lowest BCUT2D eigenvalue weighted by Gasteiger charge is -2.10. The van der Waals surface area contributed by atoms with Gasteiger partial charge in [0.05, 0.1) is 6.61 Å². The van der Waals surface area contributed by atoms with Gasteiger partial charge >= 0.3 is 5.97 Å². The molecule has 0 aliphatic rings. The quantitative estimate of drug-likeness (QED) is 0.632. The number of halogens is 1. The lowest BCUT2D eigenvalue weighted by atomic mass is 10.1. The standard InChI is InChI=1S/C11H14ClNO2/c1-2-15-11(14)10(13)9-5-3-8(7-12)4-6-9/h3-6,10H,2,7,13H2,1H3. The van der Waals surface area contributed by atoms with E-state index in [1.807, 2.05) is 12.1 Å². The fourth-order valence-corrected chi connectivity index (χ4v) is 1.36. The predicted molar refractivity (Wildman–Crippen MR) is 59.6 cm³/mol. The molecule has 0 saturated carbocycles. The summed E-state index contributed by atoms with van der Waals surface area (Å²) in [6.07, 6.45) is 0. The number of hydrogen-bond donors (Lipinski definition) is 1. The van der Waals surface area contributed by atoms with Gasteiger partial charge in [-0.2, -0.15) is 0 Å². The first-order chi connectivity index (χ1) is 7.19. The molecule has 0 saturated heterocycles. The summed E-state index contributed by atoms with van der Waals surface area (Å²) in [7, 11) is 0. The van der Waals surface area contributed by atoms with Gasteiger partial charge in [0.1, 0.15) is 6.04 Å². The first-order valence-corrected chi connectivity index (χ1v) is 5.29. The van der Waals surface area contributed by atoms with E-state index in [9.17, 15) is 4.79 Å². The number of carbonyl (C=O) groups is 1. The zero-order chi connectivity index (χ0) is 11.3. The highest BCUT2D eigenvalue weighted by molar-refractivity contribution is 6.17. The fourth-order valence-electron chi connectivity index (χ4n) is 1.18. The molecular formula is C11H14ClNO2. The number of alkyl halides is 1. The summed E-state index contributed by atoms with van der Waals surface area (Å²) in [6, 6.07) is 6.57. The molecule has 1 aromatic carbocycles. The molecule has 3 nitrogen and oxygen atoms in total. The van der Waals surface area contributed by atoms with Gasteiger partial charge in [-0.25, -0.2) is 4.79 Å². The molecule has 1 atom stereocenters. The maximum Gasteiger partial charge on any atom is 0.327 e. The van der Waals surface area contributed by atoms with Gasteiger partial charge in [0.25, 0.3) is 0 Å². The normalized spacial score (nSPS) is 12.2. The Labute approximate surface area is 94.2 Å². The minimum absolute atomic E-state index is 0.340. The van der Waals surface area contributed by atoms with Crippen molar-refractivity contribution in [3.05, 3.63) is 35.4 Å². The molecule has 0 bridgehead atoms. The van der Waals surface area contributed by atoms with Crippen LogP contribution in [0.2, 0.25) is 0 Å². The van der Waals surface area contributed by atoms with E-state index in [1.165, 1.54) is 0 Å². The molecule has 0 radical (unpaired) electrons. The van der Waals surface area contributed by atoms with Crippen LogP contribution < -0.4 is 5.73 Å². The molecule has 0 fully saturated rings. The monoisotopic (exact) mass is 227 g/mol. The minimum Gasteiger partial charge on any atom is -0.465 e. The highest BCUT2D eigenvalue weighted by atomic mass is 35.5. The van der Waals surface area contributed by atoms with Crippen LogP contribution in [0.15, 0.2) is 24.3 Å². The van der Waals surface area contributed by atoms with Gasteiger partial charge in [0.15, 0.2) is 0 Å². The van der Waals surface area contributed by atoms with Gasteiger partial charge in [-0.15, -0.1) is 11.6 Å². The van der Waals surface area contributed by atoms with Crippen molar-refractivity contribution in [1.29, 1.82) is 0 Å². The largest absolute Gasteiger partial charge is 0.465 e. The van der Waals surface area contributed by atoms with E-state index in [4.69, 9.17) is 22.1 Å². The third-order valence-electron chi connectivity index (χ3n) is 2.03. The third-order valence-corrected chi connectivity index (χ3v) is 2.34. The fraction of sp³-hybridized carbons (Fsp3) is 0.364. The van der Waals surface area contributed by atoms with Crippen LogP contribution in [-0.2, 0) is 15.4 Å². The SMILES string of the molecule is CCOC(=O)C(N)c1ccc(CCl)cc1. The lowest BCUT2D eigenvalue weighted by molar-refractivity contribution is -0.144. The van der Waals surface area contributed by atoms with Crippen molar-refractivity contribution in [3.63, 3.8) is 0 Å². The van der Waals surface area contributed by atoms with Crippen LogP contribution in [0, 0.1) is 0 Å². The van der Waals surface area contributed by atoms with Crippen molar-refractivity contribution in [3.8, 4) is 0 Å². The number of carbonyl (C=O) groups excluding carboxylic acids is 1. The maximum absolute atomic E-state index is 11.3. The van der Waals surface area contributed by atoms with Crippen molar-refractivity contribution in [2.24, 2.45) is 5.73 Å². The predicted octanol–water partition coefficient (Wildman–Crippen LogP) is 1.99. The molecule has 1 aromatic rings. The number of hydrogen-bond acceptors (Lipinski definition) is 3. The summed E-state index contributed by atoms with van der Waals surface area (Å²) in [5.41, 5.74) is 7.44. The Balaban J connectivity index is 2.73. The summed E-state index contributed by atoms with van der Waals surface area (Å²) in [5, 5.41) is 0. The lowest BCUT2D eigenvalue weighted by Crippen LogP contribution is -2.23. The minimum atomic E-state index is -0.714. The Morgan fingerprint density at radius 3 is 2.53 bits per heavy atom. The molecule has 0 heterocycles. The third kappa shape index (κ3) is 3.22. The first kappa shape index (κ1) is 12.0. The van der Waals surface area contributed by atoms with Crippen molar-refractivity contribution >= 4 is 17.6 Å². The van der Waals surface area contributed by atoms with Crippen LogP contribution in [0.25, 0.3) is 0 Å². The molecule has 0 amide bonds. The second kappa shape index (κ2) is 5.73. The van der Waals surface area contributed by atoms with Crippen LogP contribution in [0.1, 0.15) is 24.1 Å². The molecule has 0 aliphatic heterocycles. The number of benzene rings is 1. The van der Waals surface area contributed by atoms with Gasteiger partial charge in [-0.1, -0.05) is 24.3 Å². The second-order valence-electron chi connectivity index (χ2n) is 3.10. The summed E-state index contributed by atoms with van der Waals surface area (Å²) in [5.74, 6) is 0.0469. The van der Waals surface area contributed by atoms with Crippen molar-refractivity contribution in [1.82, 2.24) is 0 Å². The summed E-state index contributed by atoms with van der Waals surface area (Å²) >= 11 is 5.65. The van der Waals surface area contributed by atoms with E-state index >= 15 is 0 Å². The Morgan fingerprint density at radius 1 is 1.47 bits per heavy atom. The van der Waals surface area contributed by atoms with Crippen molar-refractivity contribution in [2.75, 3.05) is 6.61 Å². The van der Waals surface area contributed by atoms with E-state index in [0.717, 1.165) is 11.1 Å². The van der Waals surface area contributed by atoms with Gasteiger partial charge < -0.3 is 10.5 Å². The van der Waals surface area contributed by atoms with Crippen molar-refractivity contribution < 1.29 is 9.53 Å². The summed E-state index contributed by atoms with van der Waals surface area (Å²) < 4.78 is 4.82. The van der Waals surface area contributed by atoms with E-state index < -0.39 is 12.0 Å². The average molecular weight is 228 g/mol. The number of esters is 1. The molecule has 2 N–H and O–H groups in total. The molecule has 1 unspecified atom stereocenters. The smallest absolute Gasteiger partial charge is 0.327 e. The molecule has 1 rings (SSSR count). The zero-order valence-electron chi connectivity index (χ0n) is 8.57. The molecule has 0 aliphatic carbocycles. The molecule has 0 aromatic heterocycles. The molecule has 82 valence electrons. The summed E-state index contributed by atoms with van der Waals surface area (Å²) in [4.78, 5) is 11.3. The Hall–Kier alpha value is -1.06. The average Bonchev–Trinajstić information content (AvgIpc) is 2.28. The maximum atomic E-state index is 11.3. The van der Waals surface area contributed by atoms with Crippen LogP contribution in [-0.4, -0.2) is 12.6 Å². The van der Waals surface area contributed by atoms with E-state index in [1.54, 1.807) is 19.1 Å². The molecule has 0 spiro atoms. The summed E-state index contributed by atoms with van der Waals surface area (Å²) in [6.45, 7) is 2.09. The van der Waals surface area contributed by atoms with Crippen LogP contribution in [0.3, 0.4) is 0 Å². The van der Waals surface area contributed by atoms with E-state index in [-0.39, 0.29) is 0 Å². The number of rotatable bonds is 4. The molecule has 4 heteroatoms. The second-order valence-corrected chi connectivity index (χ2v) is 3.37. The Kier molecular flexibility index (Phi) is 4.59. The van der Waals surface area contributed by atoms with Crippen LogP contribution in [0.4, 0.5) is 0 Å². The van der Waals surface area contributed by atoms with Gasteiger partial charge in [0, 0.05) is 5.88 Å². The Morgan fingerprint density at radius 2 is 2.07 bits per heavy atom. The molecule has 15 heavy (non-hydrogen) atoms. The zero-order valence-corrected chi connectivity index (χ0v) is 9.33. The van der Waals surface area contributed by atoms with Crippen LogP contribution in [0.5, 0.6) is 0 Å². The highest BCUT2D eigenvalue weighted by Crippen LogP contribution is 2.14. The van der Waals surface area contributed by atoms with Crippen LogP contribution >= 0.6 is 11.6 Å². The van der Waals surface area contributed by atoms with Crippen molar-refractivity contribution in [2.45, 2.75) is 18.8 Å². The number of ether oxygens (including phenoxy) is 1. The molecular weight excluding hydrogens is 214 g/mol. The van der Waals surface area contributed by atoms with Gasteiger partial charge in [-0.05, 0) is 18.1 Å². The topological polar surface area (TPSA) is 52.3 Å². The Bertz CT molecular complexity index is 324. The first-order valence-electron chi connectivity index (χ1n) is 4.76. The van der Waals surface area contributed by atoms with E-state index in [2.05, 4.69) is 0 Å². The van der Waals surface area contributed by atoms with Gasteiger partial charge in [0.2, 0.25) is 0 Å².